The summed E-state index contributed by atoms with van der Waals surface area (Å²) in [6.07, 6.45) is -1.93. The summed E-state index contributed by atoms with van der Waals surface area (Å²) in [6, 6.07) is 23.3. The number of rotatable bonds is 7. The molecule has 3 aromatic rings. The van der Waals surface area contributed by atoms with Crippen LogP contribution in [0.3, 0.4) is 0 Å². The van der Waals surface area contributed by atoms with E-state index in [0.717, 1.165) is 43.5 Å². The fraction of sp³-hybridized carbons (Fsp3) is 0.321. The third-order valence-corrected chi connectivity index (χ3v) is 6.86. The van der Waals surface area contributed by atoms with Gasteiger partial charge in [-0.3, -0.25) is 0 Å². The fourth-order valence-corrected chi connectivity index (χ4v) is 4.71. The maximum absolute atomic E-state index is 13.0. The van der Waals surface area contributed by atoms with Gasteiger partial charge in [0.25, 0.3) is 0 Å². The van der Waals surface area contributed by atoms with Gasteiger partial charge in [0, 0.05) is 26.1 Å². The minimum Gasteiger partial charge on any atom is -0.485 e. The van der Waals surface area contributed by atoms with Crippen LogP contribution in [0.4, 0.5) is 13.2 Å². The second-order valence-corrected chi connectivity index (χ2v) is 9.29. The molecule has 0 aromatic heterocycles. The van der Waals surface area contributed by atoms with E-state index >= 15 is 0 Å². The third kappa shape index (κ3) is 6.54. The number of fused-ring (bicyclic) bond motifs is 1. The van der Waals surface area contributed by atoms with Gasteiger partial charge in [-0.15, -0.1) is 0 Å². The number of alkyl halides is 3. The number of aryl methyl sites for hydroxylation is 1. The average Bonchev–Trinajstić information content (AvgIpc) is 2.85. The molecule has 0 fully saturated rings. The Labute approximate surface area is 209 Å². The van der Waals surface area contributed by atoms with Crippen molar-refractivity contribution in [2.75, 3.05) is 20.1 Å². The van der Waals surface area contributed by atoms with E-state index in [4.69, 9.17) is 17.0 Å². The van der Waals surface area contributed by atoms with Crippen molar-refractivity contribution in [2.24, 2.45) is 5.92 Å². The predicted molar refractivity (Wildman–Crippen MR) is 136 cm³/mol. The lowest BCUT2D eigenvalue weighted by Gasteiger charge is -2.36. The number of hydrogen-bond acceptors (Lipinski definition) is 2. The van der Waals surface area contributed by atoms with E-state index in [2.05, 4.69) is 23.5 Å². The van der Waals surface area contributed by atoms with Crippen LogP contribution >= 0.6 is 12.2 Å². The molecule has 0 heterocycles. The van der Waals surface area contributed by atoms with E-state index in [0.29, 0.717) is 17.4 Å². The molecule has 3 aromatic carbocycles. The molecule has 35 heavy (non-hydrogen) atoms. The van der Waals surface area contributed by atoms with Crippen LogP contribution in [0.1, 0.15) is 34.8 Å². The largest absolute Gasteiger partial charge is 0.485 e. The van der Waals surface area contributed by atoms with Crippen LogP contribution in [0, 0.1) is 5.92 Å². The van der Waals surface area contributed by atoms with Crippen molar-refractivity contribution in [1.29, 1.82) is 0 Å². The fourth-order valence-electron chi connectivity index (χ4n) is 4.53. The van der Waals surface area contributed by atoms with Crippen LogP contribution in [-0.2, 0) is 19.0 Å². The molecule has 1 aliphatic rings. The number of benzene rings is 3. The zero-order valence-corrected chi connectivity index (χ0v) is 20.4. The number of nitrogens with zero attached hydrogens (tertiary/aromatic N) is 1. The standard InChI is InChI=1S/C28H29F3N2OS/c1-33(27(35)32-18-17-20-7-3-2-4-8-20)19-22-12-11-21-9-5-6-10-25(21)26(22)34-24-15-13-23(14-16-24)28(29,30)31/h2-10,13-16,22,26H,11-12,17-19H2,1H3,(H,32,35)/t22-,26+/m0/s1. The summed E-state index contributed by atoms with van der Waals surface area (Å²) in [7, 11) is 1.97. The summed E-state index contributed by atoms with van der Waals surface area (Å²) in [5, 5.41) is 4.01. The van der Waals surface area contributed by atoms with Crippen molar-refractivity contribution < 1.29 is 17.9 Å². The highest BCUT2D eigenvalue weighted by Gasteiger charge is 2.33. The molecule has 184 valence electrons. The molecule has 0 unspecified atom stereocenters. The zero-order chi connectivity index (χ0) is 24.8. The maximum atomic E-state index is 13.0. The Morgan fingerprint density at radius 2 is 1.69 bits per heavy atom. The van der Waals surface area contributed by atoms with Gasteiger partial charge in [-0.2, -0.15) is 13.2 Å². The van der Waals surface area contributed by atoms with E-state index < -0.39 is 11.7 Å². The van der Waals surface area contributed by atoms with Gasteiger partial charge < -0.3 is 15.0 Å². The van der Waals surface area contributed by atoms with Gasteiger partial charge in [0.15, 0.2) is 5.11 Å². The Bertz CT molecular complexity index is 1120. The lowest BCUT2D eigenvalue weighted by atomic mass is 9.81. The molecule has 0 amide bonds. The van der Waals surface area contributed by atoms with Crippen LogP contribution < -0.4 is 10.1 Å². The topological polar surface area (TPSA) is 24.5 Å². The Morgan fingerprint density at radius 3 is 2.40 bits per heavy atom. The molecular weight excluding hydrogens is 469 g/mol. The average molecular weight is 499 g/mol. The molecule has 2 atom stereocenters. The molecule has 0 aliphatic heterocycles. The first-order valence-corrected chi connectivity index (χ1v) is 12.2. The van der Waals surface area contributed by atoms with Crippen LogP contribution in [0.25, 0.3) is 0 Å². The zero-order valence-electron chi connectivity index (χ0n) is 19.6. The number of nitrogens with one attached hydrogen (secondary N) is 1. The lowest BCUT2D eigenvalue weighted by Crippen LogP contribution is -2.42. The Kier molecular flexibility index (Phi) is 7.96. The van der Waals surface area contributed by atoms with E-state index in [9.17, 15) is 13.2 Å². The van der Waals surface area contributed by atoms with Crippen molar-refractivity contribution >= 4 is 17.3 Å². The number of hydrogen-bond donors (Lipinski definition) is 1. The molecule has 1 aliphatic carbocycles. The molecule has 0 spiro atoms. The van der Waals surface area contributed by atoms with Crippen LogP contribution in [0.5, 0.6) is 5.75 Å². The summed E-state index contributed by atoms with van der Waals surface area (Å²) in [6.45, 7) is 1.42. The van der Waals surface area contributed by atoms with Crippen molar-refractivity contribution in [2.45, 2.75) is 31.5 Å². The van der Waals surface area contributed by atoms with Gasteiger partial charge in [0.1, 0.15) is 11.9 Å². The van der Waals surface area contributed by atoms with Gasteiger partial charge in [-0.1, -0.05) is 54.6 Å². The van der Waals surface area contributed by atoms with E-state index in [1.54, 1.807) is 0 Å². The highest BCUT2D eigenvalue weighted by atomic mass is 32.1. The molecule has 1 N–H and O–H groups in total. The quantitative estimate of drug-likeness (QED) is 0.379. The number of halogens is 3. The summed E-state index contributed by atoms with van der Waals surface area (Å²) in [5.74, 6) is 0.557. The lowest BCUT2D eigenvalue weighted by molar-refractivity contribution is -0.137. The Balaban J connectivity index is 1.43. The van der Waals surface area contributed by atoms with Crippen LogP contribution in [-0.4, -0.2) is 30.1 Å². The van der Waals surface area contributed by atoms with Crippen molar-refractivity contribution in [3.8, 4) is 5.75 Å². The van der Waals surface area contributed by atoms with Gasteiger partial charge in [0.05, 0.1) is 5.56 Å². The molecule has 4 rings (SSSR count). The minimum absolute atomic E-state index is 0.131. The van der Waals surface area contributed by atoms with Crippen molar-refractivity contribution in [3.05, 3.63) is 101 Å². The second kappa shape index (κ2) is 11.1. The number of ether oxygens (including phenoxy) is 1. The summed E-state index contributed by atoms with van der Waals surface area (Å²) in [5.41, 5.74) is 2.86. The maximum Gasteiger partial charge on any atom is 0.416 e. The number of thiocarbonyl (C=S) groups is 1. The first-order chi connectivity index (χ1) is 16.8. The first-order valence-electron chi connectivity index (χ1n) is 11.8. The SMILES string of the molecule is CN(C[C@@H]1CCc2ccccc2[C@@H]1Oc1ccc(C(F)(F)F)cc1)C(=S)NCCc1ccccc1. The highest BCUT2D eigenvalue weighted by molar-refractivity contribution is 7.80. The van der Waals surface area contributed by atoms with E-state index in [1.165, 1.54) is 23.3 Å². The molecule has 0 radical (unpaired) electrons. The van der Waals surface area contributed by atoms with Crippen molar-refractivity contribution in [3.63, 3.8) is 0 Å². The first kappa shape index (κ1) is 25.0. The Hall–Kier alpha value is -3.06. The minimum atomic E-state index is -4.37. The summed E-state index contributed by atoms with van der Waals surface area (Å²) >= 11 is 5.62. The van der Waals surface area contributed by atoms with Gasteiger partial charge in [-0.25, -0.2) is 0 Å². The molecule has 7 heteroatoms. The normalized spacial score (nSPS) is 17.4. The van der Waals surface area contributed by atoms with Crippen molar-refractivity contribution in [1.82, 2.24) is 10.2 Å². The van der Waals surface area contributed by atoms with Crippen LogP contribution in [0.15, 0.2) is 78.9 Å². The second-order valence-electron chi connectivity index (χ2n) is 8.91. The van der Waals surface area contributed by atoms with E-state index in [1.807, 2.05) is 48.3 Å². The molecule has 0 saturated heterocycles. The molecule has 0 saturated carbocycles. The van der Waals surface area contributed by atoms with Gasteiger partial charge in [0.2, 0.25) is 0 Å². The highest BCUT2D eigenvalue weighted by Crippen LogP contribution is 2.39. The molecular formula is C28H29F3N2OS. The van der Waals surface area contributed by atoms with Gasteiger partial charge in [-0.05, 0) is 72.4 Å². The monoisotopic (exact) mass is 498 g/mol. The van der Waals surface area contributed by atoms with Crippen LogP contribution in [0.2, 0.25) is 0 Å². The van der Waals surface area contributed by atoms with E-state index in [-0.39, 0.29) is 12.0 Å². The molecule has 0 bridgehead atoms. The Morgan fingerprint density at radius 1 is 1.00 bits per heavy atom. The summed E-state index contributed by atoms with van der Waals surface area (Å²) < 4.78 is 45.3. The predicted octanol–water partition coefficient (Wildman–Crippen LogP) is 6.44. The van der Waals surface area contributed by atoms with Gasteiger partial charge >= 0.3 is 6.18 Å². The summed E-state index contributed by atoms with van der Waals surface area (Å²) in [4.78, 5) is 2.03. The smallest absolute Gasteiger partial charge is 0.416 e. The third-order valence-electron chi connectivity index (χ3n) is 6.41. The molecule has 3 nitrogen and oxygen atoms in total.